The molecule has 2 radical (unpaired) electrons. The van der Waals surface area contributed by atoms with Gasteiger partial charge in [0.25, 0.3) is 0 Å². The van der Waals surface area contributed by atoms with Gasteiger partial charge < -0.3 is 0 Å². The van der Waals surface area contributed by atoms with Crippen LogP contribution in [0.25, 0.3) is 0 Å². The van der Waals surface area contributed by atoms with Crippen molar-refractivity contribution in [2.24, 2.45) is 0 Å². The van der Waals surface area contributed by atoms with Crippen LogP contribution >= 0.6 is 0 Å². The van der Waals surface area contributed by atoms with E-state index in [4.69, 9.17) is 0 Å². The number of hydrogen-bond donors (Lipinski definition) is 0. The summed E-state index contributed by atoms with van der Waals surface area (Å²) in [5.74, 6) is 0. The minimum Gasteiger partial charge on any atom is -0.233 e. The zero-order chi connectivity index (χ0) is 14.2. The van der Waals surface area contributed by atoms with Crippen molar-refractivity contribution in [3.63, 3.8) is 0 Å². The van der Waals surface area contributed by atoms with Gasteiger partial charge in [-0.05, 0) is 13.3 Å². The van der Waals surface area contributed by atoms with Gasteiger partial charge in [-0.1, -0.05) is 96.8 Å². The molecule has 1 nitrogen and oxygen atoms in total. The maximum absolute atomic E-state index is 10.7. The first kappa shape index (κ1) is 19.0. The van der Waals surface area contributed by atoms with Crippen molar-refractivity contribution in [2.75, 3.05) is 0 Å². The molecule has 0 saturated carbocycles. The van der Waals surface area contributed by atoms with Crippen molar-refractivity contribution < 1.29 is 5.11 Å². The van der Waals surface area contributed by atoms with Gasteiger partial charge in [0.05, 0.1) is 6.10 Å². The summed E-state index contributed by atoms with van der Waals surface area (Å²) in [6, 6.07) is 0. The Morgan fingerprint density at radius 3 is 1.26 bits per heavy atom. The van der Waals surface area contributed by atoms with Crippen LogP contribution < -0.4 is 0 Å². The molecule has 0 aromatic heterocycles. The van der Waals surface area contributed by atoms with Gasteiger partial charge in [0, 0.05) is 0 Å². The average molecular weight is 268 g/mol. The first-order chi connectivity index (χ1) is 9.27. The van der Waals surface area contributed by atoms with Crippen molar-refractivity contribution >= 4 is 0 Å². The molecular weight excluding hydrogens is 232 g/mol. The molecule has 0 fully saturated rings. The standard InChI is InChI=1S/C18H36O/c1-3-4-5-6-7-8-9-10-11-12-13-14-15-16-17-18(2)19/h18H,2-17H2,1H3. The molecule has 1 heteroatoms. The summed E-state index contributed by atoms with van der Waals surface area (Å²) in [6.45, 7) is 5.76. The van der Waals surface area contributed by atoms with Crippen LogP contribution in [0.5, 0.6) is 0 Å². The molecule has 0 rings (SSSR count). The number of hydrogen-bond acceptors (Lipinski definition) is 0. The van der Waals surface area contributed by atoms with E-state index in [9.17, 15) is 5.11 Å². The van der Waals surface area contributed by atoms with Crippen LogP contribution in [0.15, 0.2) is 0 Å². The lowest BCUT2D eigenvalue weighted by molar-refractivity contribution is 0.117. The first-order valence-electron chi connectivity index (χ1n) is 8.76. The number of rotatable bonds is 15. The monoisotopic (exact) mass is 268 g/mol. The fraction of sp³-hybridized carbons (Fsp3) is 0.944. The molecule has 0 heterocycles. The van der Waals surface area contributed by atoms with Gasteiger partial charge in [-0.25, -0.2) is 5.11 Å². The second kappa shape index (κ2) is 16.0. The van der Waals surface area contributed by atoms with E-state index in [0.717, 1.165) is 12.8 Å². The summed E-state index contributed by atoms with van der Waals surface area (Å²) in [5, 5.41) is 10.7. The zero-order valence-corrected chi connectivity index (χ0v) is 13.3. The molecule has 0 aromatic rings. The molecule has 0 amide bonds. The summed E-state index contributed by atoms with van der Waals surface area (Å²) in [5.41, 5.74) is 0. The third-order valence-electron chi connectivity index (χ3n) is 3.88. The maximum Gasteiger partial charge on any atom is 0.0931 e. The van der Waals surface area contributed by atoms with Gasteiger partial charge in [-0.2, -0.15) is 0 Å². The van der Waals surface area contributed by atoms with Crippen molar-refractivity contribution in [2.45, 2.75) is 109 Å². The minimum absolute atomic E-state index is 0.600. The Balaban J connectivity index is 2.91. The van der Waals surface area contributed by atoms with Gasteiger partial charge in [0.15, 0.2) is 0 Å². The van der Waals surface area contributed by atoms with Gasteiger partial charge in [0.2, 0.25) is 0 Å². The topological polar surface area (TPSA) is 19.9 Å². The third kappa shape index (κ3) is 18.0. The summed E-state index contributed by atoms with van der Waals surface area (Å²) < 4.78 is 0. The van der Waals surface area contributed by atoms with Crippen LogP contribution in [0.1, 0.15) is 103 Å². The lowest BCUT2D eigenvalue weighted by atomic mass is 10.0. The SMILES string of the molecule is [CH2]C([O])CCCCCCCCCCCCCCCC. The largest absolute Gasteiger partial charge is 0.233 e. The van der Waals surface area contributed by atoms with Crippen molar-refractivity contribution in [3.05, 3.63) is 6.92 Å². The summed E-state index contributed by atoms with van der Waals surface area (Å²) in [7, 11) is 0. The van der Waals surface area contributed by atoms with Crippen LogP contribution in [0.2, 0.25) is 0 Å². The van der Waals surface area contributed by atoms with E-state index in [2.05, 4.69) is 13.8 Å². The van der Waals surface area contributed by atoms with Crippen LogP contribution in [0.4, 0.5) is 0 Å². The fourth-order valence-corrected chi connectivity index (χ4v) is 2.57. The second-order valence-electron chi connectivity index (χ2n) is 6.01. The molecule has 0 saturated heterocycles. The van der Waals surface area contributed by atoms with Gasteiger partial charge in [-0.15, -0.1) is 0 Å². The molecule has 19 heavy (non-hydrogen) atoms. The maximum atomic E-state index is 10.7. The summed E-state index contributed by atoms with van der Waals surface area (Å²) in [4.78, 5) is 0. The van der Waals surface area contributed by atoms with Crippen LogP contribution in [0, 0.1) is 6.92 Å². The first-order valence-corrected chi connectivity index (χ1v) is 8.76. The minimum atomic E-state index is -0.600. The highest BCUT2D eigenvalue weighted by atomic mass is 16.3. The Labute approximate surface area is 122 Å². The van der Waals surface area contributed by atoms with Crippen molar-refractivity contribution in [1.29, 1.82) is 0 Å². The molecule has 0 aliphatic heterocycles. The second-order valence-corrected chi connectivity index (χ2v) is 6.01. The molecule has 1 atom stereocenters. The van der Waals surface area contributed by atoms with Crippen molar-refractivity contribution in [3.8, 4) is 0 Å². The van der Waals surface area contributed by atoms with Crippen molar-refractivity contribution in [1.82, 2.24) is 0 Å². The third-order valence-corrected chi connectivity index (χ3v) is 3.88. The lowest BCUT2D eigenvalue weighted by Crippen LogP contribution is -1.96. The lowest BCUT2D eigenvalue weighted by Gasteiger charge is -2.03. The van der Waals surface area contributed by atoms with E-state index in [1.54, 1.807) is 0 Å². The highest BCUT2D eigenvalue weighted by Crippen LogP contribution is 2.13. The van der Waals surface area contributed by atoms with E-state index in [1.807, 2.05) is 0 Å². The molecule has 0 spiro atoms. The zero-order valence-electron chi connectivity index (χ0n) is 13.3. The van der Waals surface area contributed by atoms with Crippen LogP contribution in [-0.2, 0) is 5.11 Å². The Morgan fingerprint density at radius 2 is 0.947 bits per heavy atom. The predicted octanol–water partition coefficient (Wildman–Crippen LogP) is 6.49. The fourth-order valence-electron chi connectivity index (χ4n) is 2.57. The molecule has 0 aliphatic rings. The molecule has 114 valence electrons. The Morgan fingerprint density at radius 1 is 0.632 bits per heavy atom. The van der Waals surface area contributed by atoms with E-state index in [1.165, 1.54) is 83.5 Å². The molecule has 1 unspecified atom stereocenters. The Hall–Kier alpha value is -0.0400. The molecule has 0 N–H and O–H groups in total. The Kier molecular flexibility index (Phi) is 16.0. The smallest absolute Gasteiger partial charge is 0.0931 e. The quantitative estimate of drug-likeness (QED) is 0.302. The van der Waals surface area contributed by atoms with E-state index >= 15 is 0 Å². The molecule has 0 bridgehead atoms. The van der Waals surface area contributed by atoms with Crippen LogP contribution in [-0.4, -0.2) is 6.10 Å². The summed E-state index contributed by atoms with van der Waals surface area (Å²) >= 11 is 0. The molecule has 0 aromatic carbocycles. The Bertz CT molecular complexity index is 154. The van der Waals surface area contributed by atoms with Gasteiger partial charge in [-0.3, -0.25) is 0 Å². The normalized spacial score (nSPS) is 12.8. The van der Waals surface area contributed by atoms with E-state index in [0.29, 0.717) is 0 Å². The van der Waals surface area contributed by atoms with E-state index < -0.39 is 6.10 Å². The molecule has 0 aliphatic carbocycles. The average Bonchev–Trinajstić information content (AvgIpc) is 2.39. The summed E-state index contributed by atoms with van der Waals surface area (Å²) in [6.07, 6.45) is 19.3. The highest BCUT2D eigenvalue weighted by Gasteiger charge is 1.97. The van der Waals surface area contributed by atoms with E-state index in [-0.39, 0.29) is 0 Å². The predicted molar refractivity (Wildman–Crippen MR) is 84.8 cm³/mol. The van der Waals surface area contributed by atoms with Gasteiger partial charge >= 0.3 is 0 Å². The number of unbranched alkanes of at least 4 members (excludes halogenated alkanes) is 13. The van der Waals surface area contributed by atoms with Gasteiger partial charge in [0.1, 0.15) is 0 Å². The molecular formula is C18H36O. The van der Waals surface area contributed by atoms with Crippen LogP contribution in [0.3, 0.4) is 0 Å². The highest BCUT2D eigenvalue weighted by molar-refractivity contribution is 4.56.